The number of sulfonamides is 1. The summed E-state index contributed by atoms with van der Waals surface area (Å²) in [5.74, 6) is 0. The van der Waals surface area contributed by atoms with E-state index in [-0.39, 0.29) is 10.9 Å². The highest BCUT2D eigenvalue weighted by Crippen LogP contribution is 2.22. The van der Waals surface area contributed by atoms with Gasteiger partial charge in [0.15, 0.2) is 0 Å². The minimum absolute atomic E-state index is 0.0860. The third kappa shape index (κ3) is 4.01. The molecule has 0 amide bonds. The predicted molar refractivity (Wildman–Crippen MR) is 97.9 cm³/mol. The van der Waals surface area contributed by atoms with E-state index in [0.29, 0.717) is 11.6 Å². The van der Waals surface area contributed by atoms with Gasteiger partial charge in [0.1, 0.15) is 5.65 Å². The van der Waals surface area contributed by atoms with Crippen LogP contribution in [-0.2, 0) is 16.6 Å². The molecule has 0 radical (unpaired) electrons. The van der Waals surface area contributed by atoms with Crippen LogP contribution in [0.25, 0.3) is 5.65 Å². The summed E-state index contributed by atoms with van der Waals surface area (Å²) >= 11 is 6.00. The molecular weight excluding hydrogens is 360 g/mol. The molecule has 0 saturated carbocycles. The average Bonchev–Trinajstić information content (AvgIpc) is 2.94. The molecule has 2 N–H and O–H groups in total. The fourth-order valence-corrected chi connectivity index (χ4v) is 3.36. The van der Waals surface area contributed by atoms with Crippen molar-refractivity contribution in [3.63, 3.8) is 0 Å². The smallest absolute Gasteiger partial charge is 0.238 e. The minimum Gasteiger partial charge on any atom is -0.305 e. The fourth-order valence-electron chi connectivity index (χ4n) is 2.68. The molecule has 1 aromatic carbocycles. The zero-order chi connectivity index (χ0) is 18.2. The fraction of sp³-hybridized carbons (Fsp3) is 0.235. The van der Waals surface area contributed by atoms with Gasteiger partial charge in [0.25, 0.3) is 0 Å². The topological polar surface area (TPSA) is 80.7 Å². The number of imidazole rings is 1. The van der Waals surface area contributed by atoms with Gasteiger partial charge in [0, 0.05) is 25.0 Å². The molecule has 8 heteroatoms. The van der Waals surface area contributed by atoms with Crippen molar-refractivity contribution in [2.24, 2.45) is 5.14 Å². The summed E-state index contributed by atoms with van der Waals surface area (Å²) in [7, 11) is -1.67. The number of primary sulfonamides is 1. The molecule has 1 atom stereocenters. The lowest BCUT2D eigenvalue weighted by molar-refractivity contribution is 0.250. The molecule has 0 bridgehead atoms. The van der Waals surface area contributed by atoms with Gasteiger partial charge in [-0.2, -0.15) is 0 Å². The molecule has 0 saturated heterocycles. The predicted octanol–water partition coefficient (Wildman–Crippen LogP) is 2.83. The Kier molecular flexibility index (Phi) is 4.83. The SMILES string of the molecule is CC(c1ccc(S(N)(=O)=O)cc1)N(C)Cc1cn2cc(Cl)ccc2n1. The third-order valence-electron chi connectivity index (χ3n) is 4.23. The van der Waals surface area contributed by atoms with Gasteiger partial charge >= 0.3 is 0 Å². The summed E-state index contributed by atoms with van der Waals surface area (Å²) in [5, 5.41) is 5.79. The molecule has 132 valence electrons. The molecule has 3 aromatic rings. The van der Waals surface area contributed by atoms with Crippen LogP contribution in [0.3, 0.4) is 0 Å². The second-order valence-electron chi connectivity index (χ2n) is 6.05. The lowest BCUT2D eigenvalue weighted by Crippen LogP contribution is -2.22. The van der Waals surface area contributed by atoms with E-state index >= 15 is 0 Å². The lowest BCUT2D eigenvalue weighted by Gasteiger charge is -2.24. The molecule has 0 aliphatic carbocycles. The van der Waals surface area contributed by atoms with Crippen LogP contribution in [-0.4, -0.2) is 29.8 Å². The van der Waals surface area contributed by atoms with Gasteiger partial charge in [0.05, 0.1) is 15.6 Å². The van der Waals surface area contributed by atoms with Crippen LogP contribution >= 0.6 is 11.6 Å². The number of pyridine rings is 1. The lowest BCUT2D eigenvalue weighted by atomic mass is 10.1. The first-order valence-corrected chi connectivity index (χ1v) is 9.62. The maximum absolute atomic E-state index is 11.3. The Hall–Kier alpha value is -1.93. The molecule has 2 heterocycles. The molecule has 0 spiro atoms. The van der Waals surface area contributed by atoms with E-state index in [9.17, 15) is 8.42 Å². The monoisotopic (exact) mass is 378 g/mol. The van der Waals surface area contributed by atoms with Crippen molar-refractivity contribution in [3.05, 3.63) is 65.1 Å². The van der Waals surface area contributed by atoms with Gasteiger partial charge < -0.3 is 4.40 Å². The standard InChI is InChI=1S/C17H19ClN4O2S/c1-12(13-3-6-16(7-4-13)25(19,23)24)21(2)10-15-11-22-9-14(18)5-8-17(22)20-15/h3-9,11-12H,10H2,1-2H3,(H2,19,23,24). The van der Waals surface area contributed by atoms with E-state index in [1.165, 1.54) is 12.1 Å². The Bertz CT molecular complexity index is 999. The largest absolute Gasteiger partial charge is 0.305 e. The van der Waals surface area contributed by atoms with Gasteiger partial charge in [-0.3, -0.25) is 4.90 Å². The molecule has 0 aliphatic rings. The number of nitrogens with two attached hydrogens (primary N) is 1. The Labute approximate surface area is 151 Å². The van der Waals surface area contributed by atoms with Crippen molar-refractivity contribution in [3.8, 4) is 0 Å². The second-order valence-corrected chi connectivity index (χ2v) is 8.05. The van der Waals surface area contributed by atoms with Gasteiger partial charge in [-0.05, 0) is 43.8 Å². The van der Waals surface area contributed by atoms with Crippen LogP contribution in [0.15, 0.2) is 53.7 Å². The number of rotatable bonds is 5. The zero-order valence-electron chi connectivity index (χ0n) is 13.9. The maximum atomic E-state index is 11.3. The van der Waals surface area contributed by atoms with E-state index in [4.69, 9.17) is 16.7 Å². The molecule has 25 heavy (non-hydrogen) atoms. The summed E-state index contributed by atoms with van der Waals surface area (Å²) in [6.07, 6.45) is 3.78. The van der Waals surface area contributed by atoms with Crippen molar-refractivity contribution in [1.29, 1.82) is 0 Å². The first-order chi connectivity index (χ1) is 11.7. The van der Waals surface area contributed by atoms with Gasteiger partial charge in [-0.25, -0.2) is 18.5 Å². The highest BCUT2D eigenvalue weighted by Gasteiger charge is 2.15. The number of hydrogen-bond acceptors (Lipinski definition) is 4. The summed E-state index contributed by atoms with van der Waals surface area (Å²) in [6.45, 7) is 2.70. The number of aromatic nitrogens is 2. The summed E-state index contributed by atoms with van der Waals surface area (Å²) in [5.41, 5.74) is 2.78. The van der Waals surface area contributed by atoms with E-state index in [1.807, 2.05) is 36.0 Å². The average molecular weight is 379 g/mol. The maximum Gasteiger partial charge on any atom is 0.238 e. The summed E-state index contributed by atoms with van der Waals surface area (Å²) in [4.78, 5) is 6.83. The van der Waals surface area contributed by atoms with Crippen molar-refractivity contribution >= 4 is 27.3 Å². The van der Waals surface area contributed by atoms with Crippen LogP contribution in [0.2, 0.25) is 5.02 Å². The van der Waals surface area contributed by atoms with Gasteiger partial charge in [0.2, 0.25) is 10.0 Å². The van der Waals surface area contributed by atoms with E-state index < -0.39 is 10.0 Å². The molecular formula is C17H19ClN4O2S. The van der Waals surface area contributed by atoms with Crippen LogP contribution < -0.4 is 5.14 Å². The van der Waals surface area contributed by atoms with Crippen LogP contribution in [0.4, 0.5) is 0 Å². The highest BCUT2D eigenvalue weighted by atomic mass is 35.5. The molecule has 1 unspecified atom stereocenters. The van der Waals surface area contributed by atoms with Crippen molar-refractivity contribution in [2.75, 3.05) is 7.05 Å². The Morgan fingerprint density at radius 2 is 1.88 bits per heavy atom. The molecule has 6 nitrogen and oxygen atoms in total. The number of halogens is 1. The minimum atomic E-state index is -3.67. The summed E-state index contributed by atoms with van der Waals surface area (Å²) < 4.78 is 24.6. The molecule has 2 aromatic heterocycles. The second kappa shape index (κ2) is 6.76. The first kappa shape index (κ1) is 17.9. The van der Waals surface area contributed by atoms with Crippen molar-refractivity contribution < 1.29 is 8.42 Å². The highest BCUT2D eigenvalue weighted by molar-refractivity contribution is 7.89. The molecule has 0 fully saturated rings. The van der Waals surface area contributed by atoms with Crippen LogP contribution in [0.5, 0.6) is 0 Å². The third-order valence-corrected chi connectivity index (χ3v) is 5.38. The van der Waals surface area contributed by atoms with Crippen LogP contribution in [0.1, 0.15) is 24.2 Å². The van der Waals surface area contributed by atoms with E-state index in [2.05, 4.69) is 16.8 Å². The number of fused-ring (bicyclic) bond motifs is 1. The number of benzene rings is 1. The Morgan fingerprint density at radius 1 is 1.20 bits per heavy atom. The summed E-state index contributed by atoms with van der Waals surface area (Å²) in [6, 6.07) is 10.4. The van der Waals surface area contributed by atoms with Gasteiger partial charge in [-0.15, -0.1) is 0 Å². The Balaban J connectivity index is 1.76. The van der Waals surface area contributed by atoms with Crippen molar-refractivity contribution in [1.82, 2.24) is 14.3 Å². The number of nitrogens with zero attached hydrogens (tertiary/aromatic N) is 3. The van der Waals surface area contributed by atoms with E-state index in [0.717, 1.165) is 16.9 Å². The zero-order valence-corrected chi connectivity index (χ0v) is 15.5. The quantitative estimate of drug-likeness (QED) is 0.740. The molecule has 3 rings (SSSR count). The number of hydrogen-bond donors (Lipinski definition) is 1. The van der Waals surface area contributed by atoms with Crippen LogP contribution in [0, 0.1) is 0 Å². The Morgan fingerprint density at radius 3 is 2.52 bits per heavy atom. The van der Waals surface area contributed by atoms with Gasteiger partial charge in [-0.1, -0.05) is 23.7 Å². The van der Waals surface area contributed by atoms with E-state index in [1.54, 1.807) is 12.1 Å². The normalized spacial score (nSPS) is 13.5. The molecule has 0 aliphatic heterocycles. The first-order valence-electron chi connectivity index (χ1n) is 7.70. The van der Waals surface area contributed by atoms with Crippen molar-refractivity contribution in [2.45, 2.75) is 24.4 Å².